The molecule has 2 saturated carbocycles. The molecule has 3 aliphatic heterocycles. The number of hydrogen-bond acceptors (Lipinski definition) is 11. The lowest BCUT2D eigenvalue weighted by molar-refractivity contribution is -0.137. The van der Waals surface area contributed by atoms with Crippen LogP contribution < -0.4 is 26.6 Å². The minimum Gasteiger partial charge on any atom is -0.379 e. The minimum absolute atomic E-state index is 0.0356. The number of nitrogens with one attached hydrogen (secondary N) is 5. The third kappa shape index (κ3) is 15.8. The van der Waals surface area contributed by atoms with Crippen LogP contribution >= 0.6 is 0 Å². The highest BCUT2D eigenvalue weighted by Gasteiger charge is 2.45. The average Bonchev–Trinajstić information content (AvgIpc) is 3.84. The van der Waals surface area contributed by atoms with Crippen molar-refractivity contribution in [3.63, 3.8) is 0 Å². The van der Waals surface area contributed by atoms with E-state index < -0.39 is 29.6 Å². The summed E-state index contributed by atoms with van der Waals surface area (Å²) in [6.07, 6.45) is 10.2. The molecule has 2 aromatic rings. The fourth-order valence-electron chi connectivity index (χ4n) is 11.3. The second-order valence-corrected chi connectivity index (χ2v) is 21.8. The molecule has 4 heterocycles. The summed E-state index contributed by atoms with van der Waals surface area (Å²) in [7, 11) is 1.67. The summed E-state index contributed by atoms with van der Waals surface area (Å²) in [4.78, 5) is 90.8. The zero-order valence-corrected chi connectivity index (χ0v) is 44.5. The molecule has 0 bridgehead atoms. The van der Waals surface area contributed by atoms with Gasteiger partial charge in [-0.05, 0) is 114 Å². The molecule has 0 spiro atoms. The zero-order chi connectivity index (χ0) is 54.6. The van der Waals surface area contributed by atoms with E-state index in [0.29, 0.717) is 74.7 Å². The second-order valence-electron chi connectivity index (χ2n) is 21.8. The molecule has 5 aliphatic rings. The predicted octanol–water partition coefficient (Wildman–Crippen LogP) is 6.12. The number of alkyl halides is 3. The number of carbonyl (C=O) groups excluding carboxylic acids is 6. The molecule has 6 atom stereocenters. The SMILES string of the molecule is C/C(=C/C1=CCC=Nc2ccc(C(F)(F)F)cc21)[C@H]1CCN([C@H]2CC[C@@H](NC(C)(C)C)C[C@H]2NC(=O)C2CCC(NC(=O)CCOCCOCCNC(=O)CCNC(=O)[C@H]3CC(=O)N(C)[C@@H]3c3cccnc3)CC2)C1=O. The Balaban J connectivity index is 0.783. The maximum absolute atomic E-state index is 14.3. The third-order valence-electron chi connectivity index (χ3n) is 15.1. The highest BCUT2D eigenvalue weighted by atomic mass is 19.4. The molecule has 6 amide bonds. The fourth-order valence-corrected chi connectivity index (χ4v) is 11.3. The number of halogens is 3. The monoisotopic (exact) mass is 1060 g/mol. The molecule has 0 unspecified atom stereocenters. The first-order chi connectivity index (χ1) is 36.3. The number of pyridine rings is 1. The molecular weight excluding hydrogens is 984 g/mol. The van der Waals surface area contributed by atoms with Gasteiger partial charge in [-0.15, -0.1) is 0 Å². The van der Waals surface area contributed by atoms with Gasteiger partial charge in [-0.3, -0.25) is 38.7 Å². The van der Waals surface area contributed by atoms with E-state index in [-0.39, 0.29) is 130 Å². The van der Waals surface area contributed by atoms with Crippen LogP contribution in [-0.4, -0.2) is 139 Å². The van der Waals surface area contributed by atoms with E-state index >= 15 is 0 Å². The summed E-state index contributed by atoms with van der Waals surface area (Å²) in [5.74, 6) is -2.13. The number of ether oxygens (including phenoxy) is 2. The Morgan fingerprint density at radius 1 is 0.842 bits per heavy atom. The van der Waals surface area contributed by atoms with Crippen molar-refractivity contribution in [3.05, 3.63) is 77.1 Å². The number of nitrogens with zero attached hydrogens (tertiary/aromatic N) is 4. The number of carbonyl (C=O) groups is 6. The van der Waals surface area contributed by atoms with Crippen LogP contribution in [0.15, 0.2) is 65.4 Å². The largest absolute Gasteiger partial charge is 0.416 e. The maximum Gasteiger partial charge on any atom is 0.416 e. The van der Waals surface area contributed by atoms with Crippen molar-refractivity contribution in [1.82, 2.24) is 41.4 Å². The molecule has 4 fully saturated rings. The molecule has 414 valence electrons. The van der Waals surface area contributed by atoms with Crippen molar-refractivity contribution >= 4 is 52.9 Å². The fraction of sp³-hybridized carbons (Fsp3) is 0.607. The summed E-state index contributed by atoms with van der Waals surface area (Å²) in [6, 6.07) is 6.32. The van der Waals surface area contributed by atoms with Crippen molar-refractivity contribution in [1.29, 1.82) is 0 Å². The Morgan fingerprint density at radius 3 is 2.32 bits per heavy atom. The van der Waals surface area contributed by atoms with Crippen LogP contribution in [0.5, 0.6) is 0 Å². The van der Waals surface area contributed by atoms with Crippen LogP contribution in [0.1, 0.15) is 127 Å². The third-order valence-corrected chi connectivity index (χ3v) is 15.1. The quantitative estimate of drug-likeness (QED) is 0.0905. The molecule has 0 radical (unpaired) electrons. The number of allylic oxidation sites excluding steroid dienone is 3. The van der Waals surface area contributed by atoms with Gasteiger partial charge in [-0.1, -0.05) is 23.8 Å². The topological polar surface area (TPSA) is 213 Å². The van der Waals surface area contributed by atoms with Gasteiger partial charge in [-0.25, -0.2) is 0 Å². The molecule has 7 rings (SSSR count). The van der Waals surface area contributed by atoms with Crippen LogP contribution in [-0.2, 0) is 44.4 Å². The standard InChI is InChI=1S/C56H76F3N9O8/c1-35(30-37-8-7-22-61-45-16-12-39(31-43(37)45)56(57,58)59)42-19-25-68(54(42)74)47-17-15-41(66-55(2,3)4)32-46(47)65-52(72)36-10-13-40(14-11-36)64-49(70)20-26-75-28-29-76-27-24-62-48(69)18-23-63-53(73)44-33-50(71)67(5)51(44)38-9-6-21-60-34-38/h6,8-9,12,16,21-22,30-31,34,36,40-42,44,46-47,51,66H,7,10-11,13-15,17-20,23-29,32-33H2,1-5H3,(H,62,69)(H,63,73)(H,64,70)(H,65,72)/b35-30-/t36?,40?,41-,42-,44+,46-,47+,51-/m1/s1. The number of amides is 6. The lowest BCUT2D eigenvalue weighted by Crippen LogP contribution is -2.60. The Hall–Kier alpha value is -5.99. The molecule has 20 heteroatoms. The number of fused-ring (bicyclic) bond motifs is 1. The van der Waals surface area contributed by atoms with E-state index in [9.17, 15) is 41.9 Å². The number of likely N-dealkylation sites (tertiary alicyclic amines) is 2. The van der Waals surface area contributed by atoms with Crippen molar-refractivity contribution in [2.24, 2.45) is 22.7 Å². The first-order valence-electron chi connectivity index (χ1n) is 26.9. The van der Waals surface area contributed by atoms with Crippen LogP contribution in [0, 0.1) is 17.8 Å². The summed E-state index contributed by atoms with van der Waals surface area (Å²) in [6.45, 7) is 10.1. The van der Waals surface area contributed by atoms with Gasteiger partial charge in [0, 0.05) is 100 Å². The van der Waals surface area contributed by atoms with E-state index in [4.69, 9.17) is 9.47 Å². The highest BCUT2D eigenvalue weighted by molar-refractivity contribution is 5.91. The first kappa shape index (κ1) is 57.7. The Kier molecular flexibility index (Phi) is 20.0. The molecule has 2 aliphatic carbocycles. The average molecular weight is 1060 g/mol. The normalized spacial score (nSPS) is 25.2. The molecule has 2 saturated heterocycles. The molecule has 1 aromatic carbocycles. The van der Waals surface area contributed by atoms with Crippen LogP contribution in [0.4, 0.5) is 18.9 Å². The van der Waals surface area contributed by atoms with Crippen molar-refractivity contribution < 1.29 is 51.4 Å². The number of benzene rings is 1. The lowest BCUT2D eigenvalue weighted by Gasteiger charge is -2.44. The van der Waals surface area contributed by atoms with Gasteiger partial charge in [0.1, 0.15) is 0 Å². The molecule has 1 aromatic heterocycles. The predicted molar refractivity (Wildman–Crippen MR) is 281 cm³/mol. The zero-order valence-electron chi connectivity index (χ0n) is 44.5. The van der Waals surface area contributed by atoms with E-state index in [1.165, 1.54) is 6.07 Å². The molecule has 76 heavy (non-hydrogen) atoms. The molecular formula is C56H76F3N9O8. The van der Waals surface area contributed by atoms with Crippen molar-refractivity contribution in [2.45, 2.75) is 147 Å². The van der Waals surface area contributed by atoms with Gasteiger partial charge in [0.2, 0.25) is 35.4 Å². The maximum atomic E-state index is 14.3. The summed E-state index contributed by atoms with van der Waals surface area (Å²) < 4.78 is 52.3. The van der Waals surface area contributed by atoms with Gasteiger partial charge in [0.15, 0.2) is 0 Å². The Morgan fingerprint density at radius 2 is 1.59 bits per heavy atom. The van der Waals surface area contributed by atoms with Gasteiger partial charge in [0.05, 0.1) is 67.6 Å². The van der Waals surface area contributed by atoms with Gasteiger partial charge in [-0.2, -0.15) is 13.2 Å². The number of rotatable bonds is 21. The number of aliphatic imine (C=N–C) groups is 1. The van der Waals surface area contributed by atoms with Crippen LogP contribution in [0.2, 0.25) is 0 Å². The van der Waals surface area contributed by atoms with Gasteiger partial charge >= 0.3 is 6.18 Å². The second kappa shape index (κ2) is 26.4. The van der Waals surface area contributed by atoms with Crippen LogP contribution in [0.25, 0.3) is 5.57 Å². The highest BCUT2D eigenvalue weighted by Crippen LogP contribution is 2.40. The Labute approximate surface area is 444 Å². The smallest absolute Gasteiger partial charge is 0.379 e. The first-order valence-corrected chi connectivity index (χ1v) is 26.9. The molecule has 17 nitrogen and oxygen atoms in total. The summed E-state index contributed by atoms with van der Waals surface area (Å²) in [5, 5.41) is 15.7. The number of hydrogen-bond donors (Lipinski definition) is 5. The summed E-state index contributed by atoms with van der Waals surface area (Å²) in [5.41, 5.74) is 2.08. The Bertz CT molecular complexity index is 2470. The van der Waals surface area contributed by atoms with Gasteiger partial charge in [0.25, 0.3) is 0 Å². The minimum atomic E-state index is -4.51. The summed E-state index contributed by atoms with van der Waals surface area (Å²) >= 11 is 0. The molecule has 5 N–H and O–H groups in total. The van der Waals surface area contributed by atoms with E-state index in [1.54, 1.807) is 36.6 Å². The van der Waals surface area contributed by atoms with Crippen molar-refractivity contribution in [3.8, 4) is 0 Å². The van der Waals surface area contributed by atoms with E-state index in [2.05, 4.69) is 57.3 Å². The van der Waals surface area contributed by atoms with Crippen molar-refractivity contribution in [2.75, 3.05) is 53.1 Å². The van der Waals surface area contributed by atoms with Crippen LogP contribution in [0.3, 0.4) is 0 Å². The van der Waals surface area contributed by atoms with Gasteiger partial charge < -0.3 is 45.9 Å². The van der Waals surface area contributed by atoms with E-state index in [1.807, 2.05) is 30.0 Å². The lowest BCUT2D eigenvalue weighted by atomic mass is 9.82. The van der Waals surface area contributed by atoms with E-state index in [0.717, 1.165) is 29.7 Å². The number of aromatic nitrogens is 1.